The molecule has 1 aromatic carbocycles. The molecule has 0 saturated carbocycles. The maximum Gasteiger partial charge on any atom is 0.253 e. The fraction of sp³-hybridized carbons (Fsp3) is 0.429. The second-order valence-electron chi connectivity index (χ2n) is 4.23. The van der Waals surface area contributed by atoms with Gasteiger partial charge < -0.3 is 10.6 Å². The van der Waals surface area contributed by atoms with Crippen molar-refractivity contribution in [3.63, 3.8) is 0 Å². The van der Waals surface area contributed by atoms with Gasteiger partial charge in [-0.25, -0.2) is 0 Å². The third kappa shape index (κ3) is 3.81. The predicted octanol–water partition coefficient (Wildman–Crippen LogP) is 2.58. The molecule has 0 saturated heterocycles. The molecular formula is C14H20N2OS. The van der Waals surface area contributed by atoms with Crippen LogP contribution in [0.1, 0.15) is 42.6 Å². The second-order valence-corrected chi connectivity index (χ2v) is 4.67. The van der Waals surface area contributed by atoms with E-state index >= 15 is 0 Å². The molecule has 0 atom stereocenters. The molecular weight excluding hydrogens is 244 g/mol. The van der Waals surface area contributed by atoms with E-state index in [0.717, 1.165) is 31.5 Å². The van der Waals surface area contributed by atoms with E-state index in [1.807, 2.05) is 4.90 Å². The van der Waals surface area contributed by atoms with E-state index in [4.69, 9.17) is 18.0 Å². The summed E-state index contributed by atoms with van der Waals surface area (Å²) in [4.78, 5) is 14.5. The molecule has 1 rings (SSSR count). The number of thiocarbonyl (C=S) groups is 1. The smallest absolute Gasteiger partial charge is 0.253 e. The zero-order chi connectivity index (χ0) is 13.5. The van der Waals surface area contributed by atoms with Crippen LogP contribution in [0.4, 0.5) is 0 Å². The summed E-state index contributed by atoms with van der Waals surface area (Å²) in [6.07, 6.45) is 1.94. The third-order valence-corrected chi connectivity index (χ3v) is 2.93. The first-order valence-corrected chi connectivity index (χ1v) is 6.70. The first-order chi connectivity index (χ1) is 8.60. The van der Waals surface area contributed by atoms with Crippen molar-refractivity contribution >= 4 is 23.1 Å². The van der Waals surface area contributed by atoms with Crippen LogP contribution in [0.15, 0.2) is 24.3 Å². The molecule has 0 aliphatic rings. The van der Waals surface area contributed by atoms with Gasteiger partial charge in [-0.2, -0.15) is 0 Å². The Morgan fingerprint density at radius 3 is 1.94 bits per heavy atom. The first-order valence-electron chi connectivity index (χ1n) is 6.29. The summed E-state index contributed by atoms with van der Waals surface area (Å²) >= 11 is 4.89. The lowest BCUT2D eigenvalue weighted by Crippen LogP contribution is -2.32. The van der Waals surface area contributed by atoms with Crippen molar-refractivity contribution in [2.24, 2.45) is 5.73 Å². The summed E-state index contributed by atoms with van der Waals surface area (Å²) < 4.78 is 0. The van der Waals surface area contributed by atoms with Crippen LogP contribution in [0.2, 0.25) is 0 Å². The number of hydrogen-bond acceptors (Lipinski definition) is 2. The van der Waals surface area contributed by atoms with Crippen LogP contribution in [0.3, 0.4) is 0 Å². The maximum atomic E-state index is 12.3. The van der Waals surface area contributed by atoms with Crippen LogP contribution in [0, 0.1) is 0 Å². The van der Waals surface area contributed by atoms with Crippen molar-refractivity contribution in [1.29, 1.82) is 0 Å². The van der Waals surface area contributed by atoms with Crippen molar-refractivity contribution in [3.05, 3.63) is 35.4 Å². The van der Waals surface area contributed by atoms with E-state index in [1.165, 1.54) is 0 Å². The van der Waals surface area contributed by atoms with Crippen molar-refractivity contribution in [3.8, 4) is 0 Å². The first kappa shape index (κ1) is 14.6. The highest BCUT2D eigenvalue weighted by atomic mass is 32.1. The Hall–Kier alpha value is -1.42. The SMILES string of the molecule is CCCN(CCC)C(=O)c1ccc(C(N)=S)cc1. The highest BCUT2D eigenvalue weighted by Gasteiger charge is 2.13. The largest absolute Gasteiger partial charge is 0.389 e. The number of rotatable bonds is 6. The molecule has 1 aromatic rings. The van der Waals surface area contributed by atoms with E-state index in [0.29, 0.717) is 10.6 Å². The van der Waals surface area contributed by atoms with Gasteiger partial charge in [0.15, 0.2) is 0 Å². The number of hydrogen-bond donors (Lipinski definition) is 1. The number of nitrogens with two attached hydrogens (primary N) is 1. The molecule has 1 amide bonds. The van der Waals surface area contributed by atoms with Crippen molar-refractivity contribution in [1.82, 2.24) is 4.90 Å². The molecule has 0 fully saturated rings. The van der Waals surface area contributed by atoms with Crippen molar-refractivity contribution in [2.45, 2.75) is 26.7 Å². The van der Waals surface area contributed by atoms with Gasteiger partial charge >= 0.3 is 0 Å². The number of benzene rings is 1. The van der Waals surface area contributed by atoms with Gasteiger partial charge in [0, 0.05) is 24.2 Å². The van der Waals surface area contributed by atoms with Crippen LogP contribution in [-0.4, -0.2) is 28.9 Å². The van der Waals surface area contributed by atoms with E-state index in [1.54, 1.807) is 24.3 Å². The van der Waals surface area contributed by atoms with Gasteiger partial charge in [-0.1, -0.05) is 38.2 Å². The molecule has 2 N–H and O–H groups in total. The average molecular weight is 264 g/mol. The number of carbonyl (C=O) groups excluding carboxylic acids is 1. The summed E-state index contributed by atoms with van der Waals surface area (Å²) in [6.45, 7) is 5.74. The molecule has 98 valence electrons. The molecule has 4 heteroatoms. The van der Waals surface area contributed by atoms with Gasteiger partial charge in [-0.05, 0) is 25.0 Å². The Morgan fingerprint density at radius 1 is 1.11 bits per heavy atom. The second kappa shape index (κ2) is 7.11. The number of nitrogens with zero attached hydrogens (tertiary/aromatic N) is 1. The molecule has 0 aliphatic heterocycles. The number of carbonyl (C=O) groups is 1. The van der Waals surface area contributed by atoms with Gasteiger partial charge in [0.2, 0.25) is 0 Å². The van der Waals surface area contributed by atoms with E-state index in [9.17, 15) is 4.79 Å². The summed E-state index contributed by atoms with van der Waals surface area (Å²) in [7, 11) is 0. The van der Waals surface area contributed by atoms with E-state index in [-0.39, 0.29) is 5.91 Å². The lowest BCUT2D eigenvalue weighted by atomic mass is 10.1. The minimum Gasteiger partial charge on any atom is -0.389 e. The zero-order valence-corrected chi connectivity index (χ0v) is 11.8. The molecule has 0 spiro atoms. The van der Waals surface area contributed by atoms with Crippen molar-refractivity contribution < 1.29 is 4.79 Å². The summed E-state index contributed by atoms with van der Waals surface area (Å²) in [6, 6.07) is 7.17. The fourth-order valence-electron chi connectivity index (χ4n) is 1.81. The highest BCUT2D eigenvalue weighted by molar-refractivity contribution is 7.80. The summed E-state index contributed by atoms with van der Waals surface area (Å²) in [5, 5.41) is 0. The Bertz CT molecular complexity index is 408. The van der Waals surface area contributed by atoms with E-state index < -0.39 is 0 Å². The monoisotopic (exact) mass is 264 g/mol. The molecule has 0 heterocycles. The van der Waals surface area contributed by atoms with Crippen LogP contribution in [0.5, 0.6) is 0 Å². The Balaban J connectivity index is 2.84. The normalized spacial score (nSPS) is 10.1. The average Bonchev–Trinajstić information content (AvgIpc) is 2.38. The van der Waals surface area contributed by atoms with E-state index in [2.05, 4.69) is 13.8 Å². The standard InChI is InChI=1S/C14H20N2OS/c1-3-9-16(10-4-2)14(17)12-7-5-11(6-8-12)13(15)18/h5-8H,3-4,9-10H2,1-2H3,(H2,15,18). The van der Waals surface area contributed by atoms with Crippen molar-refractivity contribution in [2.75, 3.05) is 13.1 Å². The Morgan fingerprint density at radius 2 is 1.56 bits per heavy atom. The highest BCUT2D eigenvalue weighted by Crippen LogP contribution is 2.09. The lowest BCUT2D eigenvalue weighted by Gasteiger charge is -2.21. The fourth-order valence-corrected chi connectivity index (χ4v) is 1.95. The molecule has 0 unspecified atom stereocenters. The molecule has 0 aliphatic carbocycles. The number of amides is 1. The van der Waals surface area contributed by atoms with Gasteiger partial charge in [0.25, 0.3) is 5.91 Å². The van der Waals surface area contributed by atoms with Crippen LogP contribution < -0.4 is 5.73 Å². The topological polar surface area (TPSA) is 46.3 Å². The van der Waals surface area contributed by atoms with Gasteiger partial charge in [0.05, 0.1) is 0 Å². The summed E-state index contributed by atoms with van der Waals surface area (Å²) in [5.41, 5.74) is 7.01. The third-order valence-electron chi connectivity index (χ3n) is 2.69. The summed E-state index contributed by atoms with van der Waals surface area (Å²) in [5.74, 6) is 0.0770. The van der Waals surface area contributed by atoms with Gasteiger partial charge in [-0.15, -0.1) is 0 Å². The molecule has 0 bridgehead atoms. The van der Waals surface area contributed by atoms with Crippen LogP contribution in [0.25, 0.3) is 0 Å². The Labute approximate surface area is 114 Å². The molecule has 0 aromatic heterocycles. The van der Waals surface area contributed by atoms with Gasteiger partial charge in [0.1, 0.15) is 4.99 Å². The van der Waals surface area contributed by atoms with Crippen LogP contribution in [-0.2, 0) is 0 Å². The lowest BCUT2D eigenvalue weighted by molar-refractivity contribution is 0.0755. The quantitative estimate of drug-likeness (QED) is 0.803. The molecule has 18 heavy (non-hydrogen) atoms. The Kier molecular flexibility index (Phi) is 5.78. The minimum absolute atomic E-state index is 0.0770. The zero-order valence-electron chi connectivity index (χ0n) is 11.0. The minimum atomic E-state index is 0.0770. The van der Waals surface area contributed by atoms with Gasteiger partial charge in [-0.3, -0.25) is 4.79 Å². The molecule has 3 nitrogen and oxygen atoms in total. The molecule has 0 radical (unpaired) electrons. The maximum absolute atomic E-state index is 12.3. The van der Waals surface area contributed by atoms with Crippen LogP contribution >= 0.6 is 12.2 Å². The predicted molar refractivity (Wildman–Crippen MR) is 78.8 cm³/mol.